The number of anilines is 1. The van der Waals surface area contributed by atoms with Gasteiger partial charge in [0.25, 0.3) is 0 Å². The van der Waals surface area contributed by atoms with E-state index in [1.165, 1.54) is 19.1 Å². The Kier molecular flexibility index (Phi) is 7.93. The van der Waals surface area contributed by atoms with Crippen LogP contribution in [-0.4, -0.2) is 51.5 Å². The smallest absolute Gasteiger partial charge is 0.407 e. The van der Waals surface area contributed by atoms with E-state index in [0.717, 1.165) is 16.0 Å². The molecule has 2 aromatic rings. The van der Waals surface area contributed by atoms with Gasteiger partial charge in [0, 0.05) is 18.8 Å². The molecule has 11 heteroatoms. The van der Waals surface area contributed by atoms with Gasteiger partial charge < -0.3 is 21.5 Å². The Labute approximate surface area is 201 Å². The first-order valence-electron chi connectivity index (χ1n) is 10.8. The zero-order chi connectivity index (χ0) is 25.0. The fraction of sp³-hybridized carbons (Fsp3) is 0.391. The first-order valence-corrected chi connectivity index (χ1v) is 11.2. The van der Waals surface area contributed by atoms with Gasteiger partial charge in [-0.3, -0.25) is 14.5 Å². The number of pyridine rings is 1. The standard InChI is InChI=1S/C23H27ClFN5O4/c1-12-16(4-6-20(26)28-12)10-27-21(31)13(2)29-22(32)19-9-15(11-30(19)23(33)34)7-14-3-5-18(25)17(24)8-14/h3-6,8,13,15,19H,7,9-11H2,1-2H3,(H2,26,28)(H,27,31)(H,29,32)(H,33,34)/t13-,15-,19+/m0/s1. The molecule has 3 rings (SSSR count). The van der Waals surface area contributed by atoms with Crippen LogP contribution >= 0.6 is 11.6 Å². The number of halogens is 2. The van der Waals surface area contributed by atoms with Crippen LogP contribution in [0.1, 0.15) is 30.2 Å². The van der Waals surface area contributed by atoms with Crippen molar-refractivity contribution in [1.82, 2.24) is 20.5 Å². The van der Waals surface area contributed by atoms with Gasteiger partial charge in [0.15, 0.2) is 0 Å². The Morgan fingerprint density at radius 1 is 1.32 bits per heavy atom. The number of aryl methyl sites for hydroxylation is 1. The Morgan fingerprint density at radius 2 is 2.06 bits per heavy atom. The molecule has 3 amide bonds. The van der Waals surface area contributed by atoms with Crippen LogP contribution < -0.4 is 16.4 Å². The van der Waals surface area contributed by atoms with Crippen LogP contribution in [0.4, 0.5) is 15.0 Å². The molecule has 1 aliphatic rings. The van der Waals surface area contributed by atoms with E-state index in [2.05, 4.69) is 15.6 Å². The first kappa shape index (κ1) is 25.2. The average molecular weight is 492 g/mol. The van der Waals surface area contributed by atoms with Crippen molar-refractivity contribution in [3.05, 3.63) is 58.0 Å². The highest BCUT2D eigenvalue weighted by atomic mass is 35.5. The summed E-state index contributed by atoms with van der Waals surface area (Å²) in [6.45, 7) is 3.66. The summed E-state index contributed by atoms with van der Waals surface area (Å²) in [4.78, 5) is 42.3. The van der Waals surface area contributed by atoms with Gasteiger partial charge in [-0.15, -0.1) is 0 Å². The number of nitrogens with one attached hydrogen (secondary N) is 2. The van der Waals surface area contributed by atoms with Gasteiger partial charge in [0.05, 0.1) is 5.02 Å². The fourth-order valence-electron chi connectivity index (χ4n) is 4.04. The second kappa shape index (κ2) is 10.7. The van der Waals surface area contributed by atoms with Crippen molar-refractivity contribution in [3.8, 4) is 0 Å². The van der Waals surface area contributed by atoms with E-state index in [1.54, 1.807) is 25.1 Å². The highest BCUT2D eigenvalue weighted by molar-refractivity contribution is 6.30. The van der Waals surface area contributed by atoms with Crippen LogP contribution in [0.15, 0.2) is 30.3 Å². The summed E-state index contributed by atoms with van der Waals surface area (Å²) in [5, 5.41) is 14.9. The number of benzene rings is 1. The van der Waals surface area contributed by atoms with E-state index < -0.39 is 35.8 Å². The maximum Gasteiger partial charge on any atom is 0.407 e. The molecule has 34 heavy (non-hydrogen) atoms. The molecule has 9 nitrogen and oxygen atoms in total. The molecular formula is C23H27ClFN5O4. The number of aromatic nitrogens is 1. The Bertz CT molecular complexity index is 1100. The molecule has 5 N–H and O–H groups in total. The lowest BCUT2D eigenvalue weighted by molar-refractivity contribution is -0.130. The summed E-state index contributed by atoms with van der Waals surface area (Å²) in [6.07, 6.45) is -0.501. The molecule has 182 valence electrons. The number of nitrogen functional groups attached to an aromatic ring is 1. The van der Waals surface area contributed by atoms with E-state index >= 15 is 0 Å². The van der Waals surface area contributed by atoms with Gasteiger partial charge in [-0.05, 0) is 61.9 Å². The summed E-state index contributed by atoms with van der Waals surface area (Å²) in [6, 6.07) is 5.94. The summed E-state index contributed by atoms with van der Waals surface area (Å²) >= 11 is 5.83. The maximum absolute atomic E-state index is 13.4. The molecule has 1 fully saturated rings. The number of rotatable bonds is 7. The van der Waals surface area contributed by atoms with Crippen molar-refractivity contribution in [3.63, 3.8) is 0 Å². The minimum absolute atomic E-state index is 0.00957. The van der Waals surface area contributed by atoms with Crippen molar-refractivity contribution in [1.29, 1.82) is 0 Å². The number of amides is 3. The predicted molar refractivity (Wildman–Crippen MR) is 125 cm³/mol. The van der Waals surface area contributed by atoms with E-state index in [1.807, 2.05) is 0 Å². The lowest BCUT2D eigenvalue weighted by Gasteiger charge is -2.22. The van der Waals surface area contributed by atoms with Crippen molar-refractivity contribution in [2.24, 2.45) is 5.92 Å². The number of likely N-dealkylation sites (tertiary alicyclic amines) is 1. The van der Waals surface area contributed by atoms with Crippen molar-refractivity contribution in [2.75, 3.05) is 12.3 Å². The topological polar surface area (TPSA) is 138 Å². The Morgan fingerprint density at radius 3 is 2.71 bits per heavy atom. The average Bonchev–Trinajstić information content (AvgIpc) is 3.20. The van der Waals surface area contributed by atoms with Crippen LogP contribution in [0.5, 0.6) is 0 Å². The normalized spacial score (nSPS) is 18.4. The van der Waals surface area contributed by atoms with E-state index in [9.17, 15) is 23.9 Å². The molecule has 1 aliphatic heterocycles. The van der Waals surface area contributed by atoms with Crippen LogP contribution in [0.3, 0.4) is 0 Å². The number of carbonyl (C=O) groups is 3. The largest absolute Gasteiger partial charge is 0.465 e. The molecule has 0 spiro atoms. The van der Waals surface area contributed by atoms with Crippen LogP contribution in [0, 0.1) is 18.7 Å². The molecule has 0 aliphatic carbocycles. The number of nitrogens with two attached hydrogens (primary N) is 1. The van der Waals surface area contributed by atoms with Gasteiger partial charge in [0.1, 0.15) is 23.7 Å². The molecule has 0 unspecified atom stereocenters. The quantitative estimate of drug-likeness (QED) is 0.469. The van der Waals surface area contributed by atoms with Gasteiger partial charge >= 0.3 is 6.09 Å². The van der Waals surface area contributed by atoms with E-state index in [4.69, 9.17) is 17.3 Å². The molecule has 1 aromatic heterocycles. The van der Waals surface area contributed by atoms with E-state index in [0.29, 0.717) is 17.9 Å². The third-order valence-corrected chi connectivity index (χ3v) is 6.16. The van der Waals surface area contributed by atoms with Crippen molar-refractivity contribution >= 4 is 35.3 Å². The predicted octanol–water partition coefficient (Wildman–Crippen LogP) is 2.50. The number of hydrogen-bond donors (Lipinski definition) is 4. The molecule has 3 atom stereocenters. The van der Waals surface area contributed by atoms with Crippen LogP contribution in [0.25, 0.3) is 0 Å². The third-order valence-electron chi connectivity index (χ3n) is 5.87. The number of hydrogen-bond acceptors (Lipinski definition) is 5. The summed E-state index contributed by atoms with van der Waals surface area (Å²) in [5.41, 5.74) is 7.86. The second-order valence-corrected chi connectivity index (χ2v) is 8.84. The number of carbonyl (C=O) groups excluding carboxylic acids is 2. The SMILES string of the molecule is Cc1nc(N)ccc1CNC(=O)[C@H](C)NC(=O)[C@H]1C[C@H](Cc2ccc(F)c(Cl)c2)CN1C(=O)O. The number of carboxylic acid groups (broad SMARTS) is 1. The van der Waals surface area contributed by atoms with Crippen molar-refractivity contribution in [2.45, 2.75) is 45.3 Å². The lowest BCUT2D eigenvalue weighted by atomic mass is 9.96. The molecule has 0 bridgehead atoms. The Hall–Kier alpha value is -3.40. The zero-order valence-electron chi connectivity index (χ0n) is 18.8. The minimum Gasteiger partial charge on any atom is -0.465 e. The third kappa shape index (κ3) is 6.13. The van der Waals surface area contributed by atoms with Gasteiger partial charge in [-0.25, -0.2) is 14.2 Å². The summed E-state index contributed by atoms with van der Waals surface area (Å²) in [7, 11) is 0. The fourth-order valence-corrected chi connectivity index (χ4v) is 4.24. The molecule has 2 heterocycles. The summed E-state index contributed by atoms with van der Waals surface area (Å²) in [5.74, 6) is -1.26. The van der Waals surface area contributed by atoms with Crippen molar-refractivity contribution < 1.29 is 23.9 Å². The molecule has 0 radical (unpaired) electrons. The van der Waals surface area contributed by atoms with E-state index in [-0.39, 0.29) is 30.5 Å². The first-order chi connectivity index (χ1) is 16.0. The molecule has 0 saturated carbocycles. The second-order valence-electron chi connectivity index (χ2n) is 8.43. The number of nitrogens with zero attached hydrogens (tertiary/aromatic N) is 2. The minimum atomic E-state index is -1.22. The lowest BCUT2D eigenvalue weighted by Crippen LogP contribution is -2.51. The van der Waals surface area contributed by atoms with Crippen LogP contribution in [0.2, 0.25) is 5.02 Å². The Balaban J connectivity index is 1.58. The molecule has 1 saturated heterocycles. The highest BCUT2D eigenvalue weighted by Gasteiger charge is 2.40. The highest BCUT2D eigenvalue weighted by Crippen LogP contribution is 2.28. The molecule has 1 aromatic carbocycles. The zero-order valence-corrected chi connectivity index (χ0v) is 19.6. The summed E-state index contributed by atoms with van der Waals surface area (Å²) < 4.78 is 13.4. The molecular weight excluding hydrogens is 465 g/mol. The monoisotopic (exact) mass is 491 g/mol. The van der Waals surface area contributed by atoms with Gasteiger partial charge in [0.2, 0.25) is 11.8 Å². The van der Waals surface area contributed by atoms with Crippen LogP contribution in [-0.2, 0) is 22.6 Å². The van der Waals surface area contributed by atoms with Gasteiger partial charge in [-0.2, -0.15) is 0 Å². The maximum atomic E-state index is 13.4. The van der Waals surface area contributed by atoms with Gasteiger partial charge in [-0.1, -0.05) is 23.7 Å².